The van der Waals surface area contributed by atoms with E-state index in [1.54, 1.807) is 6.07 Å². The number of anilines is 1. The van der Waals surface area contributed by atoms with E-state index in [-0.39, 0.29) is 5.65 Å². The number of carbonyl (C=O) groups is 1. The van der Waals surface area contributed by atoms with Crippen LogP contribution in [0.15, 0.2) is 42.5 Å². The van der Waals surface area contributed by atoms with E-state index in [0.717, 1.165) is 5.56 Å². The highest BCUT2D eigenvalue weighted by Gasteiger charge is 2.38. The Morgan fingerprint density at radius 3 is 2.31 bits per heavy atom. The van der Waals surface area contributed by atoms with Crippen molar-refractivity contribution in [3.8, 4) is 0 Å². The molecule has 0 bridgehead atoms. The molecule has 1 fully saturated rings. The van der Waals surface area contributed by atoms with Crippen LogP contribution in [0.4, 0.5) is 19.0 Å². The van der Waals surface area contributed by atoms with Crippen LogP contribution < -0.4 is 10.6 Å². The van der Waals surface area contributed by atoms with Crippen molar-refractivity contribution in [2.24, 2.45) is 5.73 Å². The quantitative estimate of drug-likeness (QED) is 0.707. The van der Waals surface area contributed by atoms with Gasteiger partial charge < -0.3 is 10.6 Å². The number of benzene rings is 1. The second kappa shape index (κ2) is 7.32. The van der Waals surface area contributed by atoms with Gasteiger partial charge in [0.05, 0.1) is 0 Å². The van der Waals surface area contributed by atoms with Gasteiger partial charge in [-0.15, -0.1) is 15.3 Å². The summed E-state index contributed by atoms with van der Waals surface area (Å²) in [6.07, 6.45) is -4.64. The third-order valence-corrected chi connectivity index (χ3v) is 4.89. The monoisotopic (exact) mass is 405 g/mol. The van der Waals surface area contributed by atoms with Gasteiger partial charge in [0.1, 0.15) is 11.9 Å². The van der Waals surface area contributed by atoms with Gasteiger partial charge in [0.15, 0.2) is 5.65 Å². The summed E-state index contributed by atoms with van der Waals surface area (Å²) in [5.41, 5.74) is 6.46. The van der Waals surface area contributed by atoms with Crippen LogP contribution in [0.2, 0.25) is 0 Å². The second-order valence-electron chi connectivity index (χ2n) is 6.72. The summed E-state index contributed by atoms with van der Waals surface area (Å²) in [6, 6.07) is 11.8. The number of hydrogen-bond acceptors (Lipinski definition) is 6. The Balaban J connectivity index is 1.53. The van der Waals surface area contributed by atoms with E-state index in [9.17, 15) is 18.0 Å². The first-order valence-electron chi connectivity index (χ1n) is 8.97. The van der Waals surface area contributed by atoms with Crippen LogP contribution in [0.25, 0.3) is 5.65 Å². The van der Waals surface area contributed by atoms with Crippen molar-refractivity contribution in [3.63, 3.8) is 0 Å². The SMILES string of the molecule is NC(=O)C(c1ccccc1)N1CCN(c2ccc3nnc(C(F)(F)F)n3n2)CC1. The topological polar surface area (TPSA) is 92.7 Å². The van der Waals surface area contributed by atoms with E-state index in [1.165, 1.54) is 6.07 Å². The molecular formula is C18H18F3N7O. The molecule has 0 saturated carbocycles. The normalized spacial score (nSPS) is 16.9. The molecule has 1 atom stereocenters. The number of alkyl halides is 3. The predicted molar refractivity (Wildman–Crippen MR) is 97.9 cm³/mol. The maximum atomic E-state index is 13.1. The molecule has 8 nitrogen and oxygen atoms in total. The van der Waals surface area contributed by atoms with Crippen molar-refractivity contribution in [2.45, 2.75) is 12.2 Å². The van der Waals surface area contributed by atoms with Gasteiger partial charge in [-0.1, -0.05) is 30.3 Å². The fourth-order valence-corrected chi connectivity index (χ4v) is 3.52. The van der Waals surface area contributed by atoms with Crippen molar-refractivity contribution in [3.05, 3.63) is 53.9 Å². The maximum Gasteiger partial charge on any atom is 0.453 e. The number of rotatable bonds is 4. The number of primary amides is 1. The molecule has 1 aromatic carbocycles. The summed E-state index contributed by atoms with van der Waals surface area (Å²) in [5.74, 6) is -1.22. The zero-order valence-electron chi connectivity index (χ0n) is 15.3. The van der Waals surface area contributed by atoms with Crippen LogP contribution in [0.1, 0.15) is 17.4 Å². The number of nitrogens with zero attached hydrogens (tertiary/aromatic N) is 6. The van der Waals surface area contributed by atoms with Crippen LogP contribution >= 0.6 is 0 Å². The number of hydrogen-bond donors (Lipinski definition) is 1. The Labute approximate surface area is 163 Å². The first-order chi connectivity index (χ1) is 13.8. The Kier molecular flexibility index (Phi) is 4.82. The van der Waals surface area contributed by atoms with E-state index in [0.29, 0.717) is 36.5 Å². The highest BCUT2D eigenvalue weighted by atomic mass is 19.4. The first kappa shape index (κ1) is 19.1. The van der Waals surface area contributed by atoms with Crippen molar-refractivity contribution < 1.29 is 18.0 Å². The molecule has 2 N–H and O–H groups in total. The number of fused-ring (bicyclic) bond motifs is 1. The van der Waals surface area contributed by atoms with Gasteiger partial charge >= 0.3 is 6.18 Å². The van der Waals surface area contributed by atoms with E-state index < -0.39 is 23.9 Å². The summed E-state index contributed by atoms with van der Waals surface area (Å²) < 4.78 is 39.9. The van der Waals surface area contributed by atoms with E-state index in [1.807, 2.05) is 40.1 Å². The number of piperazine rings is 1. The molecule has 11 heteroatoms. The summed E-state index contributed by atoms with van der Waals surface area (Å²) in [6.45, 7) is 1.99. The molecule has 29 heavy (non-hydrogen) atoms. The van der Waals surface area contributed by atoms with Crippen LogP contribution in [-0.4, -0.2) is 56.8 Å². The number of amides is 1. The summed E-state index contributed by atoms with van der Waals surface area (Å²) in [4.78, 5) is 15.9. The number of nitrogens with two attached hydrogens (primary N) is 1. The number of carbonyl (C=O) groups excluding carboxylic acids is 1. The highest BCUT2D eigenvalue weighted by Crippen LogP contribution is 2.28. The van der Waals surface area contributed by atoms with Crippen molar-refractivity contribution >= 4 is 17.4 Å². The fraction of sp³-hybridized carbons (Fsp3) is 0.333. The van der Waals surface area contributed by atoms with Crippen LogP contribution in [-0.2, 0) is 11.0 Å². The molecule has 1 aliphatic rings. The highest BCUT2D eigenvalue weighted by molar-refractivity contribution is 5.81. The molecule has 3 aromatic rings. The van der Waals surface area contributed by atoms with Crippen LogP contribution in [0.3, 0.4) is 0 Å². The molecule has 1 unspecified atom stereocenters. The van der Waals surface area contributed by atoms with E-state index in [4.69, 9.17) is 5.73 Å². The van der Waals surface area contributed by atoms with Gasteiger partial charge in [-0.3, -0.25) is 9.69 Å². The molecule has 4 rings (SSSR count). The Morgan fingerprint density at radius 1 is 1.00 bits per heavy atom. The molecule has 2 aromatic heterocycles. The van der Waals surface area contributed by atoms with Gasteiger partial charge in [-0.05, 0) is 17.7 Å². The average Bonchev–Trinajstić information content (AvgIpc) is 3.13. The second-order valence-corrected chi connectivity index (χ2v) is 6.72. The molecule has 1 saturated heterocycles. The average molecular weight is 405 g/mol. The van der Waals surface area contributed by atoms with Gasteiger partial charge in [0.2, 0.25) is 5.91 Å². The molecule has 152 valence electrons. The van der Waals surface area contributed by atoms with Crippen LogP contribution in [0, 0.1) is 0 Å². The molecule has 1 aliphatic heterocycles. The molecular weight excluding hydrogens is 387 g/mol. The lowest BCUT2D eigenvalue weighted by Crippen LogP contribution is -2.50. The fourth-order valence-electron chi connectivity index (χ4n) is 3.52. The molecule has 0 spiro atoms. The van der Waals surface area contributed by atoms with Crippen molar-refractivity contribution in [2.75, 3.05) is 31.1 Å². The smallest absolute Gasteiger partial charge is 0.368 e. The van der Waals surface area contributed by atoms with Crippen molar-refractivity contribution in [1.29, 1.82) is 0 Å². The number of aromatic nitrogens is 4. The van der Waals surface area contributed by atoms with Gasteiger partial charge in [0.25, 0.3) is 5.82 Å². The first-order valence-corrected chi connectivity index (χ1v) is 8.97. The largest absolute Gasteiger partial charge is 0.453 e. The minimum Gasteiger partial charge on any atom is -0.368 e. The van der Waals surface area contributed by atoms with Gasteiger partial charge in [-0.2, -0.15) is 17.7 Å². The standard InChI is InChI=1S/C18H18F3N7O/c19-18(20,21)17-24-23-13-6-7-14(25-28(13)17)26-8-10-27(11-9-26)15(16(22)29)12-4-2-1-3-5-12/h1-7,15H,8-11H2,(H2,22,29). The number of halogens is 3. The Hall–Kier alpha value is -3.21. The minimum atomic E-state index is -4.64. The van der Waals surface area contributed by atoms with Gasteiger partial charge in [-0.25, -0.2) is 0 Å². The Bertz CT molecular complexity index is 1010. The van der Waals surface area contributed by atoms with Crippen molar-refractivity contribution in [1.82, 2.24) is 24.7 Å². The lowest BCUT2D eigenvalue weighted by molar-refractivity contribution is -0.146. The van der Waals surface area contributed by atoms with E-state index >= 15 is 0 Å². The molecule has 0 radical (unpaired) electrons. The summed E-state index contributed by atoms with van der Waals surface area (Å²) in [7, 11) is 0. The maximum absolute atomic E-state index is 13.1. The molecule has 1 amide bonds. The lowest BCUT2D eigenvalue weighted by atomic mass is 10.0. The zero-order valence-corrected chi connectivity index (χ0v) is 15.3. The third kappa shape index (κ3) is 3.73. The zero-order chi connectivity index (χ0) is 20.6. The van der Waals surface area contributed by atoms with Gasteiger partial charge in [0, 0.05) is 26.2 Å². The van der Waals surface area contributed by atoms with Crippen LogP contribution in [0.5, 0.6) is 0 Å². The summed E-state index contributed by atoms with van der Waals surface area (Å²) >= 11 is 0. The minimum absolute atomic E-state index is 0.0255. The Morgan fingerprint density at radius 2 is 1.69 bits per heavy atom. The summed E-state index contributed by atoms with van der Waals surface area (Å²) in [5, 5.41) is 10.8. The third-order valence-electron chi connectivity index (χ3n) is 4.89. The van der Waals surface area contributed by atoms with E-state index in [2.05, 4.69) is 15.3 Å². The molecule has 3 heterocycles. The lowest BCUT2D eigenvalue weighted by Gasteiger charge is -2.38. The molecule has 0 aliphatic carbocycles. The predicted octanol–water partition coefficient (Wildman–Crippen LogP) is 1.49.